The van der Waals surface area contributed by atoms with E-state index in [0.29, 0.717) is 0 Å². The molecule has 4 heavy (non-hydrogen) atoms. The summed E-state index contributed by atoms with van der Waals surface area (Å²) in [6.07, 6.45) is 0. The van der Waals surface area contributed by atoms with Crippen molar-refractivity contribution in [3.05, 3.63) is 0 Å². The van der Waals surface area contributed by atoms with Crippen LogP contribution in [-0.4, -0.2) is 43.0 Å². The van der Waals surface area contributed by atoms with Gasteiger partial charge in [-0.1, -0.05) is 0 Å². The summed E-state index contributed by atoms with van der Waals surface area (Å²) in [6.45, 7) is 0. The molecular formula is H4O3Po. The van der Waals surface area contributed by atoms with E-state index in [-0.39, 0.29) is 43.0 Å². The first-order chi connectivity index (χ1) is 0. The van der Waals surface area contributed by atoms with Crippen LogP contribution in [0.2, 0.25) is 0 Å². The maximum Gasteiger partial charge on any atom is 2.00 e. The van der Waals surface area contributed by atoms with Crippen molar-refractivity contribution >= 4 is 26.6 Å². The Hall–Kier alpha value is 0.776. The average molecular weight is 261 g/mol. The van der Waals surface area contributed by atoms with E-state index in [2.05, 4.69) is 0 Å². The molecule has 4 heteroatoms. The van der Waals surface area contributed by atoms with Gasteiger partial charge in [0.1, 0.15) is 0 Å². The Morgan fingerprint density at radius 2 is 0.750 bits per heavy atom. The van der Waals surface area contributed by atoms with Gasteiger partial charge in [-0.3, -0.25) is 0 Å². The number of hydrogen-bond donors (Lipinski definition) is 0. The van der Waals surface area contributed by atoms with Crippen LogP contribution in [0.4, 0.5) is 0 Å². The molecule has 0 atom stereocenters. The van der Waals surface area contributed by atoms with E-state index in [9.17, 15) is 0 Å². The molecule has 0 amide bonds. The first-order valence-corrected chi connectivity index (χ1v) is 0. The van der Waals surface area contributed by atoms with Gasteiger partial charge in [0.2, 0.25) is 0 Å². The third-order valence-corrected chi connectivity index (χ3v) is 0. The summed E-state index contributed by atoms with van der Waals surface area (Å²) in [7, 11) is 0. The number of hydrogen-bond acceptors (Lipinski definition) is 2. The Morgan fingerprint density at radius 1 is 0.750 bits per heavy atom. The predicted molar refractivity (Wildman–Crippen MR) is 13.2 cm³/mol. The third-order valence-electron chi connectivity index (χ3n) is 0. The van der Waals surface area contributed by atoms with E-state index in [1.165, 1.54) is 0 Å². The molecule has 0 fully saturated rings. The predicted octanol–water partition coefficient (Wildman–Crippen LogP) is -1.56. The molecule has 0 aromatic rings. The first kappa shape index (κ1) is 113. The van der Waals surface area contributed by atoms with Gasteiger partial charge in [0, 0.05) is 0 Å². The van der Waals surface area contributed by atoms with Crippen LogP contribution in [0, 0.1) is 0 Å². The zero-order chi connectivity index (χ0) is 0. The monoisotopic (exact) mass is 261 g/mol. The minimum absolute atomic E-state index is 0. The van der Waals surface area contributed by atoms with Crippen molar-refractivity contribution in [1.82, 2.24) is 0 Å². The molecule has 0 unspecified atom stereocenters. The normalized spacial score (nSPS) is 0. The average Bonchev–Trinajstić information content (AvgIpc) is 0. The quantitative estimate of drug-likeness (QED) is 0.527. The van der Waals surface area contributed by atoms with Crippen LogP contribution in [0.3, 0.4) is 0 Å². The van der Waals surface area contributed by atoms with Gasteiger partial charge in [0.15, 0.2) is 0 Å². The third kappa shape index (κ3) is 14.5. The van der Waals surface area contributed by atoms with E-state index in [1.807, 2.05) is 0 Å². The van der Waals surface area contributed by atoms with Crippen molar-refractivity contribution in [2.75, 3.05) is 0 Å². The van der Waals surface area contributed by atoms with Crippen LogP contribution in [-0.2, 0) is 0 Å². The van der Waals surface area contributed by atoms with E-state index in [0.717, 1.165) is 0 Å². The Kier molecular flexibility index (Phi) is 1370. The van der Waals surface area contributed by atoms with Crippen LogP contribution >= 0.6 is 0 Å². The fraction of sp³-hybridized carbons (Fsp3) is 0. The molecule has 0 aliphatic rings. The largest absolute Gasteiger partial charge is 2.00 e. The molecule has 0 heterocycles. The van der Waals surface area contributed by atoms with Crippen molar-refractivity contribution < 1.29 is 16.4 Å². The standard InChI is InChI=1S/3H2O.Po/h3*1H2;/q;;;+2/p-2. The Bertz CT molecular complexity index is 3.25. The van der Waals surface area contributed by atoms with Gasteiger partial charge < -0.3 is 16.4 Å². The van der Waals surface area contributed by atoms with E-state index in [4.69, 9.17) is 0 Å². The Labute approximate surface area is 43.4 Å². The summed E-state index contributed by atoms with van der Waals surface area (Å²) in [4.78, 5) is 0. The smallest absolute Gasteiger partial charge is 0.870 e. The molecule has 0 saturated heterocycles. The maximum absolute atomic E-state index is 0. The molecule has 0 aromatic heterocycles. The zero-order valence-electron chi connectivity index (χ0n) is 1.80. The van der Waals surface area contributed by atoms with Gasteiger partial charge in [-0.2, -0.15) is 0 Å². The second-order valence-electron chi connectivity index (χ2n) is 0. The molecule has 0 rings (SSSR count). The molecule has 0 aliphatic heterocycles. The van der Waals surface area contributed by atoms with Crippen molar-refractivity contribution in [3.8, 4) is 0 Å². The molecule has 4 radical (unpaired) electrons. The van der Waals surface area contributed by atoms with Crippen molar-refractivity contribution in [1.29, 1.82) is 0 Å². The van der Waals surface area contributed by atoms with Gasteiger partial charge in [-0.05, 0) is 0 Å². The molecule has 4 N–H and O–H groups in total. The van der Waals surface area contributed by atoms with Crippen LogP contribution in [0.5, 0.6) is 0 Å². The van der Waals surface area contributed by atoms with Crippen LogP contribution < -0.4 is 0 Å². The fourth-order valence-corrected chi connectivity index (χ4v) is 0. The maximum atomic E-state index is 0. The molecule has 0 aromatic carbocycles. The van der Waals surface area contributed by atoms with Crippen molar-refractivity contribution in [2.24, 2.45) is 0 Å². The molecule has 0 bridgehead atoms. The summed E-state index contributed by atoms with van der Waals surface area (Å²) >= 11 is 0. The summed E-state index contributed by atoms with van der Waals surface area (Å²) < 4.78 is 0. The molecular weight excluding hydrogens is 257 g/mol. The van der Waals surface area contributed by atoms with Crippen molar-refractivity contribution in [2.45, 2.75) is 0 Å². The van der Waals surface area contributed by atoms with Crippen LogP contribution in [0.15, 0.2) is 0 Å². The van der Waals surface area contributed by atoms with E-state index in [1.54, 1.807) is 0 Å². The molecule has 3 nitrogen and oxygen atoms in total. The summed E-state index contributed by atoms with van der Waals surface area (Å²) in [5.41, 5.74) is 0. The minimum Gasteiger partial charge on any atom is -0.870 e. The minimum atomic E-state index is 0. The van der Waals surface area contributed by atoms with Gasteiger partial charge in [0.05, 0.1) is 0 Å². The van der Waals surface area contributed by atoms with Crippen LogP contribution in [0.25, 0.3) is 0 Å². The van der Waals surface area contributed by atoms with Gasteiger partial charge >= 0.3 is 26.6 Å². The summed E-state index contributed by atoms with van der Waals surface area (Å²) in [5.74, 6) is 0. The zero-order valence-corrected chi connectivity index (χ0v) is 4.98. The summed E-state index contributed by atoms with van der Waals surface area (Å²) in [5, 5.41) is 0. The molecule has 0 aliphatic carbocycles. The topological polar surface area (TPSA) is 91.5 Å². The fourth-order valence-electron chi connectivity index (χ4n) is 0. The second-order valence-corrected chi connectivity index (χ2v) is 0. The van der Waals surface area contributed by atoms with Crippen molar-refractivity contribution in [3.63, 3.8) is 0 Å². The van der Waals surface area contributed by atoms with Gasteiger partial charge in [-0.15, -0.1) is 0 Å². The second kappa shape index (κ2) is 48.3. The Balaban J connectivity index is 0. The molecule has 28 valence electrons. The van der Waals surface area contributed by atoms with E-state index >= 15 is 0 Å². The van der Waals surface area contributed by atoms with Crippen LogP contribution in [0.1, 0.15) is 0 Å². The molecule has 0 spiro atoms. The molecule has 0 saturated carbocycles. The van der Waals surface area contributed by atoms with E-state index < -0.39 is 0 Å². The Morgan fingerprint density at radius 3 is 0.750 bits per heavy atom. The number of rotatable bonds is 0. The van der Waals surface area contributed by atoms with Gasteiger partial charge in [0.25, 0.3) is 0 Å². The van der Waals surface area contributed by atoms with Gasteiger partial charge in [-0.25, -0.2) is 0 Å². The summed E-state index contributed by atoms with van der Waals surface area (Å²) in [6, 6.07) is 0. The first-order valence-electron chi connectivity index (χ1n) is 0. The SMILES string of the molecule is O.[OH-].[OH-].[Po+2].